The summed E-state index contributed by atoms with van der Waals surface area (Å²) in [6.07, 6.45) is 1.71. The zero-order chi connectivity index (χ0) is 21.5. The molecule has 30 heavy (non-hydrogen) atoms. The minimum Gasteiger partial charge on any atom is -0.486 e. The molecular formula is C21H20ClFN4O2S. The lowest BCUT2D eigenvalue weighted by molar-refractivity contribution is -0.113. The highest BCUT2D eigenvalue weighted by Gasteiger charge is 2.15. The van der Waals surface area contributed by atoms with E-state index in [-0.39, 0.29) is 24.0 Å². The first kappa shape index (κ1) is 21.9. The van der Waals surface area contributed by atoms with Gasteiger partial charge in [-0.05, 0) is 42.8 Å². The van der Waals surface area contributed by atoms with Crippen molar-refractivity contribution in [2.24, 2.45) is 0 Å². The first-order valence-corrected chi connectivity index (χ1v) is 10.4. The van der Waals surface area contributed by atoms with Gasteiger partial charge in [0.1, 0.15) is 18.2 Å². The Labute approximate surface area is 183 Å². The average Bonchev–Trinajstić information content (AvgIpc) is 3.11. The second-order valence-electron chi connectivity index (χ2n) is 6.31. The number of amides is 1. The fourth-order valence-electron chi connectivity index (χ4n) is 2.58. The predicted octanol–water partition coefficient (Wildman–Crippen LogP) is 4.87. The monoisotopic (exact) mass is 446 g/mol. The summed E-state index contributed by atoms with van der Waals surface area (Å²) in [6.45, 7) is 6.31. The quantitative estimate of drug-likeness (QED) is 0.375. The molecule has 1 aromatic heterocycles. The van der Waals surface area contributed by atoms with Crippen LogP contribution in [0.15, 0.2) is 60.3 Å². The number of aryl methyl sites for hydroxylation is 1. The van der Waals surface area contributed by atoms with Crippen LogP contribution in [0.3, 0.4) is 0 Å². The first-order chi connectivity index (χ1) is 14.5. The van der Waals surface area contributed by atoms with E-state index in [4.69, 9.17) is 16.3 Å². The van der Waals surface area contributed by atoms with Gasteiger partial charge in [0, 0.05) is 11.6 Å². The molecule has 0 saturated carbocycles. The number of para-hydroxylation sites is 1. The lowest BCUT2D eigenvalue weighted by Crippen LogP contribution is -2.15. The van der Waals surface area contributed by atoms with E-state index < -0.39 is 5.82 Å². The van der Waals surface area contributed by atoms with Crippen molar-refractivity contribution in [1.29, 1.82) is 0 Å². The number of benzene rings is 2. The van der Waals surface area contributed by atoms with Gasteiger partial charge in [-0.1, -0.05) is 41.6 Å². The molecule has 9 heteroatoms. The van der Waals surface area contributed by atoms with E-state index in [1.807, 2.05) is 17.6 Å². The Bertz CT molecular complexity index is 1060. The zero-order valence-electron chi connectivity index (χ0n) is 16.3. The molecule has 1 heterocycles. The zero-order valence-corrected chi connectivity index (χ0v) is 17.8. The molecule has 156 valence electrons. The summed E-state index contributed by atoms with van der Waals surface area (Å²) in [5.41, 5.74) is 1.06. The van der Waals surface area contributed by atoms with E-state index in [1.165, 1.54) is 23.9 Å². The van der Waals surface area contributed by atoms with E-state index in [1.54, 1.807) is 30.3 Å². The second kappa shape index (κ2) is 10.3. The van der Waals surface area contributed by atoms with Crippen molar-refractivity contribution in [2.45, 2.75) is 25.2 Å². The highest BCUT2D eigenvalue weighted by Crippen LogP contribution is 2.23. The van der Waals surface area contributed by atoms with Crippen LogP contribution in [-0.2, 0) is 17.9 Å². The van der Waals surface area contributed by atoms with Crippen LogP contribution >= 0.6 is 23.4 Å². The van der Waals surface area contributed by atoms with Crippen molar-refractivity contribution in [2.75, 3.05) is 11.1 Å². The molecule has 0 atom stereocenters. The third-order valence-electron chi connectivity index (χ3n) is 4.08. The van der Waals surface area contributed by atoms with Crippen LogP contribution in [0.2, 0.25) is 5.02 Å². The molecule has 0 fully saturated rings. The molecule has 0 radical (unpaired) electrons. The molecule has 0 aliphatic rings. The average molecular weight is 447 g/mol. The summed E-state index contributed by atoms with van der Waals surface area (Å²) in [7, 11) is 0. The van der Waals surface area contributed by atoms with Gasteiger partial charge in [0.05, 0.1) is 11.4 Å². The Balaban J connectivity index is 1.63. The summed E-state index contributed by atoms with van der Waals surface area (Å²) in [4.78, 5) is 12.2. The first-order valence-electron chi connectivity index (χ1n) is 9.07. The summed E-state index contributed by atoms with van der Waals surface area (Å²) in [5.74, 6) is 0.499. The van der Waals surface area contributed by atoms with Gasteiger partial charge in [-0.25, -0.2) is 4.39 Å². The Morgan fingerprint density at radius 3 is 2.87 bits per heavy atom. The van der Waals surface area contributed by atoms with Crippen LogP contribution in [0.4, 0.5) is 10.1 Å². The minimum atomic E-state index is -0.484. The van der Waals surface area contributed by atoms with Crippen molar-refractivity contribution >= 4 is 35.0 Å². The Morgan fingerprint density at radius 2 is 2.13 bits per heavy atom. The number of hydrogen-bond acceptors (Lipinski definition) is 5. The van der Waals surface area contributed by atoms with Crippen LogP contribution < -0.4 is 10.1 Å². The van der Waals surface area contributed by atoms with Gasteiger partial charge in [0.25, 0.3) is 0 Å². The number of halogens is 2. The highest BCUT2D eigenvalue weighted by molar-refractivity contribution is 7.99. The molecule has 0 unspecified atom stereocenters. The minimum absolute atomic E-state index is 0.0564. The SMILES string of the molecule is C=CCn1c(COc2ccc(Cl)c(C)c2)nnc1SCC(=O)Nc1ccccc1F. The normalized spacial score (nSPS) is 10.6. The Hall–Kier alpha value is -2.84. The molecule has 6 nitrogen and oxygen atoms in total. The number of nitrogens with one attached hydrogen (secondary N) is 1. The largest absolute Gasteiger partial charge is 0.486 e. The maximum atomic E-state index is 13.7. The number of allylic oxidation sites excluding steroid dienone is 1. The third kappa shape index (κ3) is 5.61. The highest BCUT2D eigenvalue weighted by atomic mass is 35.5. The summed E-state index contributed by atoms with van der Waals surface area (Å²) < 4.78 is 21.3. The van der Waals surface area contributed by atoms with Gasteiger partial charge in [0.15, 0.2) is 11.0 Å². The molecule has 3 rings (SSSR count). The fraction of sp³-hybridized carbons (Fsp3) is 0.190. The number of nitrogens with zero attached hydrogens (tertiary/aromatic N) is 3. The maximum absolute atomic E-state index is 13.7. The van der Waals surface area contributed by atoms with Gasteiger partial charge in [-0.3, -0.25) is 9.36 Å². The van der Waals surface area contributed by atoms with E-state index in [0.29, 0.717) is 28.3 Å². The summed E-state index contributed by atoms with van der Waals surface area (Å²) >= 11 is 7.24. The second-order valence-corrected chi connectivity index (χ2v) is 7.66. The maximum Gasteiger partial charge on any atom is 0.234 e. The molecule has 0 aliphatic heterocycles. The standard InChI is InChI=1S/C21H20ClFN4O2S/c1-3-10-27-19(12-29-15-8-9-16(22)14(2)11-15)25-26-21(27)30-13-20(28)24-18-7-5-4-6-17(18)23/h3-9,11H,1,10,12-13H2,2H3,(H,24,28). The summed E-state index contributed by atoms with van der Waals surface area (Å²) in [6, 6.07) is 11.4. The molecular weight excluding hydrogens is 427 g/mol. The molecule has 0 spiro atoms. The molecule has 1 N–H and O–H groups in total. The van der Waals surface area contributed by atoms with Crippen molar-refractivity contribution in [3.8, 4) is 5.75 Å². The lowest BCUT2D eigenvalue weighted by atomic mass is 10.2. The van der Waals surface area contributed by atoms with Crippen LogP contribution in [0, 0.1) is 12.7 Å². The Kier molecular flexibility index (Phi) is 7.48. The van der Waals surface area contributed by atoms with Crippen LogP contribution in [0.5, 0.6) is 5.75 Å². The molecule has 0 bridgehead atoms. The topological polar surface area (TPSA) is 69.0 Å². The molecule has 3 aromatic rings. The van der Waals surface area contributed by atoms with Gasteiger partial charge in [-0.15, -0.1) is 16.8 Å². The van der Waals surface area contributed by atoms with Gasteiger partial charge >= 0.3 is 0 Å². The number of aromatic nitrogens is 3. The van der Waals surface area contributed by atoms with Crippen molar-refractivity contribution in [3.05, 3.63) is 77.3 Å². The number of ether oxygens (including phenoxy) is 1. The number of hydrogen-bond donors (Lipinski definition) is 1. The van der Waals surface area contributed by atoms with Gasteiger partial charge < -0.3 is 10.1 Å². The lowest BCUT2D eigenvalue weighted by Gasteiger charge is -2.10. The van der Waals surface area contributed by atoms with Crippen molar-refractivity contribution < 1.29 is 13.9 Å². The number of rotatable bonds is 9. The molecule has 0 aliphatic carbocycles. The fourth-order valence-corrected chi connectivity index (χ4v) is 3.46. The van der Waals surface area contributed by atoms with Crippen LogP contribution in [0.25, 0.3) is 0 Å². The number of thioether (sulfide) groups is 1. The van der Waals surface area contributed by atoms with Gasteiger partial charge in [-0.2, -0.15) is 0 Å². The number of carbonyl (C=O) groups excluding carboxylic acids is 1. The van der Waals surface area contributed by atoms with E-state index in [2.05, 4.69) is 22.1 Å². The van der Waals surface area contributed by atoms with Gasteiger partial charge in [0.2, 0.25) is 5.91 Å². The third-order valence-corrected chi connectivity index (χ3v) is 5.47. The summed E-state index contributed by atoms with van der Waals surface area (Å²) in [5, 5.41) is 12.1. The van der Waals surface area contributed by atoms with E-state index in [0.717, 1.165) is 5.56 Å². The molecule has 1 amide bonds. The van der Waals surface area contributed by atoms with Crippen LogP contribution in [0.1, 0.15) is 11.4 Å². The molecule has 2 aromatic carbocycles. The van der Waals surface area contributed by atoms with Crippen molar-refractivity contribution in [1.82, 2.24) is 14.8 Å². The number of carbonyl (C=O) groups is 1. The predicted molar refractivity (Wildman–Crippen MR) is 116 cm³/mol. The van der Waals surface area contributed by atoms with Crippen LogP contribution in [-0.4, -0.2) is 26.4 Å². The number of anilines is 1. The van der Waals surface area contributed by atoms with E-state index >= 15 is 0 Å². The van der Waals surface area contributed by atoms with E-state index in [9.17, 15) is 9.18 Å². The Morgan fingerprint density at radius 1 is 1.33 bits per heavy atom. The van der Waals surface area contributed by atoms with Crippen molar-refractivity contribution in [3.63, 3.8) is 0 Å². The molecule has 0 saturated heterocycles. The smallest absolute Gasteiger partial charge is 0.234 e.